The van der Waals surface area contributed by atoms with Gasteiger partial charge in [-0.05, 0) is 42.0 Å². The summed E-state index contributed by atoms with van der Waals surface area (Å²) in [6.07, 6.45) is 0. The van der Waals surface area contributed by atoms with E-state index in [4.69, 9.17) is 21.1 Å². The van der Waals surface area contributed by atoms with Crippen LogP contribution in [0.25, 0.3) is 0 Å². The van der Waals surface area contributed by atoms with Gasteiger partial charge in [0.25, 0.3) is 5.91 Å². The molecule has 5 heteroatoms. The first-order valence-electron chi connectivity index (χ1n) is 9.15. The SMILES string of the molecule is COc1cc(C(=O)Nc2c(C)cccc2C(C)C)cc(Cl)c1OCC(C)C. The highest BCUT2D eigenvalue weighted by molar-refractivity contribution is 6.32. The van der Waals surface area contributed by atoms with Gasteiger partial charge in [0.1, 0.15) is 0 Å². The molecule has 4 nitrogen and oxygen atoms in total. The lowest BCUT2D eigenvalue weighted by molar-refractivity contribution is 0.102. The zero-order chi connectivity index (χ0) is 20.1. The molecule has 0 saturated carbocycles. The van der Waals surface area contributed by atoms with Crippen LogP contribution in [0.15, 0.2) is 30.3 Å². The molecule has 2 aromatic rings. The van der Waals surface area contributed by atoms with Crippen molar-refractivity contribution in [2.45, 2.75) is 40.5 Å². The minimum atomic E-state index is -0.234. The number of carbonyl (C=O) groups is 1. The van der Waals surface area contributed by atoms with E-state index in [1.54, 1.807) is 12.1 Å². The summed E-state index contributed by atoms with van der Waals surface area (Å²) in [6.45, 7) is 10.8. The first kappa shape index (κ1) is 21.1. The zero-order valence-electron chi connectivity index (χ0n) is 16.9. The van der Waals surface area contributed by atoms with Crippen molar-refractivity contribution in [3.8, 4) is 11.5 Å². The molecule has 0 bridgehead atoms. The topological polar surface area (TPSA) is 47.6 Å². The Balaban J connectivity index is 2.34. The summed E-state index contributed by atoms with van der Waals surface area (Å²) in [5.74, 6) is 1.32. The quantitative estimate of drug-likeness (QED) is 0.625. The molecule has 27 heavy (non-hydrogen) atoms. The number of hydrogen-bond acceptors (Lipinski definition) is 3. The van der Waals surface area contributed by atoms with Crippen molar-refractivity contribution in [2.75, 3.05) is 19.0 Å². The molecule has 0 radical (unpaired) electrons. The Hall–Kier alpha value is -2.20. The van der Waals surface area contributed by atoms with Gasteiger partial charge in [0.05, 0.1) is 18.7 Å². The zero-order valence-corrected chi connectivity index (χ0v) is 17.6. The van der Waals surface area contributed by atoms with Crippen LogP contribution in [0.5, 0.6) is 11.5 Å². The van der Waals surface area contributed by atoms with Gasteiger partial charge in [-0.2, -0.15) is 0 Å². The van der Waals surface area contributed by atoms with Gasteiger partial charge < -0.3 is 14.8 Å². The van der Waals surface area contributed by atoms with Crippen LogP contribution in [0.2, 0.25) is 5.02 Å². The van der Waals surface area contributed by atoms with Gasteiger partial charge in [-0.25, -0.2) is 0 Å². The average Bonchev–Trinajstić information content (AvgIpc) is 2.61. The van der Waals surface area contributed by atoms with Crippen LogP contribution in [-0.4, -0.2) is 19.6 Å². The Bertz CT molecular complexity index is 815. The van der Waals surface area contributed by atoms with E-state index in [1.807, 2.05) is 25.1 Å². The number of carbonyl (C=O) groups excluding carboxylic acids is 1. The normalized spacial score (nSPS) is 11.0. The number of benzene rings is 2. The lowest BCUT2D eigenvalue weighted by Gasteiger charge is -2.18. The molecule has 0 atom stereocenters. The molecule has 146 valence electrons. The van der Waals surface area contributed by atoms with E-state index in [2.05, 4.69) is 33.0 Å². The molecular weight excluding hydrogens is 362 g/mol. The number of ether oxygens (including phenoxy) is 2. The second-order valence-electron chi connectivity index (χ2n) is 7.34. The van der Waals surface area contributed by atoms with Crippen molar-refractivity contribution in [3.05, 3.63) is 52.0 Å². The minimum Gasteiger partial charge on any atom is -0.493 e. The second kappa shape index (κ2) is 9.14. The van der Waals surface area contributed by atoms with Crippen molar-refractivity contribution in [2.24, 2.45) is 5.92 Å². The fourth-order valence-corrected chi connectivity index (χ4v) is 3.03. The number of methoxy groups -OCH3 is 1. The maximum absolute atomic E-state index is 12.9. The van der Waals surface area contributed by atoms with Crippen molar-refractivity contribution in [3.63, 3.8) is 0 Å². The third-order valence-corrected chi connectivity index (χ3v) is 4.50. The summed E-state index contributed by atoms with van der Waals surface area (Å²) in [5, 5.41) is 3.39. The van der Waals surface area contributed by atoms with E-state index in [-0.39, 0.29) is 5.91 Å². The van der Waals surface area contributed by atoms with Gasteiger partial charge in [0, 0.05) is 11.3 Å². The molecule has 0 spiro atoms. The van der Waals surface area contributed by atoms with Crippen LogP contribution < -0.4 is 14.8 Å². The summed E-state index contributed by atoms with van der Waals surface area (Å²) < 4.78 is 11.2. The van der Waals surface area contributed by atoms with Crippen LogP contribution in [0, 0.1) is 12.8 Å². The molecule has 0 aliphatic heterocycles. The number of nitrogens with one attached hydrogen (secondary N) is 1. The molecule has 0 unspecified atom stereocenters. The maximum atomic E-state index is 12.9. The maximum Gasteiger partial charge on any atom is 0.255 e. The molecule has 0 aromatic heterocycles. The van der Waals surface area contributed by atoms with Crippen molar-refractivity contribution in [1.82, 2.24) is 0 Å². The molecule has 2 aromatic carbocycles. The molecule has 0 saturated heterocycles. The Labute approximate surface area is 166 Å². The molecule has 0 aliphatic rings. The van der Waals surface area contributed by atoms with Gasteiger partial charge >= 0.3 is 0 Å². The van der Waals surface area contributed by atoms with Crippen LogP contribution in [-0.2, 0) is 0 Å². The minimum absolute atomic E-state index is 0.234. The van der Waals surface area contributed by atoms with E-state index >= 15 is 0 Å². The molecular formula is C22H28ClNO3. The highest BCUT2D eigenvalue weighted by Gasteiger charge is 2.18. The summed E-state index contributed by atoms with van der Waals surface area (Å²) >= 11 is 6.37. The number of anilines is 1. The number of rotatable bonds is 7. The molecule has 0 heterocycles. The van der Waals surface area contributed by atoms with Gasteiger partial charge in [0.15, 0.2) is 11.5 Å². The van der Waals surface area contributed by atoms with E-state index < -0.39 is 0 Å². The number of para-hydroxylation sites is 1. The van der Waals surface area contributed by atoms with E-state index in [0.29, 0.717) is 40.5 Å². The Kier molecular flexibility index (Phi) is 7.14. The van der Waals surface area contributed by atoms with Gasteiger partial charge in [-0.3, -0.25) is 4.79 Å². The van der Waals surface area contributed by atoms with E-state index in [9.17, 15) is 4.79 Å². The monoisotopic (exact) mass is 389 g/mol. The Morgan fingerprint density at radius 1 is 1.19 bits per heavy atom. The smallest absolute Gasteiger partial charge is 0.255 e. The number of aryl methyl sites for hydroxylation is 1. The third-order valence-electron chi connectivity index (χ3n) is 4.22. The van der Waals surface area contributed by atoms with E-state index in [0.717, 1.165) is 16.8 Å². The summed E-state index contributed by atoms with van der Waals surface area (Å²) in [7, 11) is 1.54. The third kappa shape index (κ3) is 5.16. The lowest BCUT2D eigenvalue weighted by Crippen LogP contribution is -2.15. The van der Waals surface area contributed by atoms with E-state index in [1.165, 1.54) is 7.11 Å². The fraction of sp³-hybridized carbons (Fsp3) is 0.409. The van der Waals surface area contributed by atoms with Crippen molar-refractivity contribution in [1.29, 1.82) is 0 Å². The van der Waals surface area contributed by atoms with Gasteiger partial charge in [0.2, 0.25) is 0 Å². The van der Waals surface area contributed by atoms with Crippen molar-refractivity contribution >= 4 is 23.2 Å². The predicted octanol–water partition coefficient (Wildman–Crippen LogP) is 6.07. The highest BCUT2D eigenvalue weighted by Crippen LogP contribution is 2.37. The number of hydrogen-bond donors (Lipinski definition) is 1. The average molecular weight is 390 g/mol. The largest absolute Gasteiger partial charge is 0.493 e. The summed E-state index contributed by atoms with van der Waals surface area (Å²) in [6, 6.07) is 9.29. The summed E-state index contributed by atoms with van der Waals surface area (Å²) in [4.78, 5) is 12.9. The lowest BCUT2D eigenvalue weighted by atomic mass is 9.98. The standard InChI is InChI=1S/C22H28ClNO3/c1-13(2)12-27-21-18(23)10-16(11-19(21)26-6)22(25)24-20-15(5)8-7-9-17(20)14(3)4/h7-11,13-14H,12H2,1-6H3,(H,24,25). The van der Waals surface area contributed by atoms with Crippen LogP contribution in [0.1, 0.15) is 55.1 Å². The van der Waals surface area contributed by atoms with Crippen LogP contribution in [0.4, 0.5) is 5.69 Å². The molecule has 0 fully saturated rings. The van der Waals surface area contributed by atoms with Gasteiger partial charge in [-0.15, -0.1) is 0 Å². The Morgan fingerprint density at radius 3 is 2.48 bits per heavy atom. The fourth-order valence-electron chi connectivity index (χ4n) is 2.77. The van der Waals surface area contributed by atoms with Gasteiger partial charge in [-0.1, -0.05) is 57.5 Å². The second-order valence-corrected chi connectivity index (χ2v) is 7.75. The summed E-state index contributed by atoms with van der Waals surface area (Å²) in [5.41, 5.74) is 3.38. The van der Waals surface area contributed by atoms with Crippen molar-refractivity contribution < 1.29 is 14.3 Å². The Morgan fingerprint density at radius 2 is 1.89 bits per heavy atom. The first-order valence-corrected chi connectivity index (χ1v) is 9.53. The van der Waals surface area contributed by atoms with Crippen LogP contribution in [0.3, 0.4) is 0 Å². The predicted molar refractivity (Wildman–Crippen MR) is 112 cm³/mol. The molecule has 2 rings (SSSR count). The first-order chi connectivity index (χ1) is 12.7. The number of amides is 1. The van der Waals surface area contributed by atoms with Crippen LogP contribution >= 0.6 is 11.6 Å². The number of halogens is 1. The molecule has 0 aliphatic carbocycles. The highest BCUT2D eigenvalue weighted by atomic mass is 35.5. The molecule has 1 N–H and O–H groups in total. The molecule has 1 amide bonds.